The molecule has 1 heterocycles. The van der Waals surface area contributed by atoms with E-state index in [9.17, 15) is 4.79 Å². The van der Waals surface area contributed by atoms with Gasteiger partial charge in [0.25, 0.3) is 0 Å². The quantitative estimate of drug-likeness (QED) is 0.708. The normalized spacial score (nSPS) is 9.17. The Morgan fingerprint density at radius 1 is 1.58 bits per heavy atom. The first kappa shape index (κ1) is 8.73. The fourth-order valence-electron chi connectivity index (χ4n) is 0.499. The van der Waals surface area contributed by atoms with E-state index in [0.29, 0.717) is 0 Å². The van der Waals surface area contributed by atoms with Crippen molar-refractivity contribution >= 4 is 17.7 Å². The van der Waals surface area contributed by atoms with Gasteiger partial charge in [0.1, 0.15) is 5.15 Å². The molecule has 64 valence electrons. The average Bonchev–Trinajstić information content (AvgIpc) is 2.09. The number of aromatic nitrogens is 2. The van der Waals surface area contributed by atoms with E-state index >= 15 is 0 Å². The molecule has 6 heteroatoms. The van der Waals surface area contributed by atoms with Crippen LogP contribution in [-0.4, -0.2) is 23.1 Å². The molecule has 12 heavy (non-hydrogen) atoms. The van der Waals surface area contributed by atoms with E-state index in [1.54, 1.807) is 0 Å². The zero-order chi connectivity index (χ0) is 8.97. The van der Waals surface area contributed by atoms with E-state index in [1.165, 1.54) is 19.4 Å². The number of ether oxygens (including phenoxy) is 1. The minimum atomic E-state index is -0.591. The van der Waals surface area contributed by atoms with Gasteiger partial charge in [-0.3, -0.25) is 0 Å². The van der Waals surface area contributed by atoms with E-state index < -0.39 is 6.09 Å². The molecule has 1 N–H and O–H groups in total. The van der Waals surface area contributed by atoms with Crippen molar-refractivity contribution in [2.45, 2.75) is 0 Å². The van der Waals surface area contributed by atoms with Crippen molar-refractivity contribution in [1.29, 1.82) is 0 Å². The van der Waals surface area contributed by atoms with Crippen LogP contribution >= 0.6 is 11.6 Å². The third kappa shape index (κ3) is 2.35. The maximum Gasteiger partial charge on any atom is 0.413 e. The van der Waals surface area contributed by atoms with Crippen LogP contribution in [0.3, 0.4) is 0 Å². The molecule has 1 rings (SSSR count). The summed E-state index contributed by atoms with van der Waals surface area (Å²) in [6, 6.07) is 0. The van der Waals surface area contributed by atoms with Crippen molar-refractivity contribution in [1.82, 2.24) is 15.3 Å². The van der Waals surface area contributed by atoms with Crippen molar-refractivity contribution in [3.05, 3.63) is 17.5 Å². The van der Waals surface area contributed by atoms with Gasteiger partial charge in [-0.05, 0) is 0 Å². The van der Waals surface area contributed by atoms with Crippen molar-refractivity contribution in [3.63, 3.8) is 0 Å². The molecule has 0 aromatic carbocycles. The summed E-state index contributed by atoms with van der Waals surface area (Å²) in [5, 5.41) is 2.52. The van der Waals surface area contributed by atoms with Gasteiger partial charge in [-0.1, -0.05) is 11.6 Å². The largest absolute Gasteiger partial charge is 0.413 e. The lowest BCUT2D eigenvalue weighted by Gasteiger charge is -1.99. The second-order valence-electron chi connectivity index (χ2n) is 1.82. The Labute approximate surface area is 73.7 Å². The molecule has 0 aliphatic rings. The first-order valence-electron chi connectivity index (χ1n) is 3.09. The van der Waals surface area contributed by atoms with Gasteiger partial charge in [-0.2, -0.15) is 0 Å². The third-order valence-electron chi connectivity index (χ3n) is 0.998. The summed E-state index contributed by atoms with van der Waals surface area (Å²) < 4.78 is 4.64. The van der Waals surface area contributed by atoms with Crippen molar-refractivity contribution in [2.75, 3.05) is 7.05 Å². The minimum Gasteiger partial charge on any atom is -0.390 e. The Morgan fingerprint density at radius 3 is 2.83 bits per heavy atom. The number of hydrogen-bond acceptors (Lipinski definition) is 4. The molecule has 1 aromatic heterocycles. The minimum absolute atomic E-state index is 0.110. The number of amides is 1. The summed E-state index contributed by atoms with van der Waals surface area (Å²) in [7, 11) is 1.45. The number of hydrogen-bond donors (Lipinski definition) is 1. The molecule has 0 saturated carbocycles. The molecule has 0 bridgehead atoms. The van der Waals surface area contributed by atoms with Crippen LogP contribution in [0.1, 0.15) is 0 Å². The first-order chi connectivity index (χ1) is 5.72. The molecule has 0 aliphatic carbocycles. The van der Waals surface area contributed by atoms with Gasteiger partial charge in [0.05, 0.1) is 12.4 Å². The Hall–Kier alpha value is -1.36. The number of nitrogens with one attached hydrogen (secondary N) is 1. The van der Waals surface area contributed by atoms with Crippen molar-refractivity contribution in [2.24, 2.45) is 0 Å². The summed E-state index contributed by atoms with van der Waals surface area (Å²) in [6.45, 7) is 0. The molecule has 5 nitrogen and oxygen atoms in total. The highest BCUT2D eigenvalue weighted by Crippen LogP contribution is 2.06. The smallest absolute Gasteiger partial charge is 0.390 e. The highest BCUT2D eigenvalue weighted by molar-refractivity contribution is 6.29. The van der Waals surface area contributed by atoms with Gasteiger partial charge in [0, 0.05) is 7.05 Å². The van der Waals surface area contributed by atoms with Crippen LogP contribution in [0.15, 0.2) is 12.4 Å². The molecule has 0 atom stereocenters. The number of nitrogens with zero attached hydrogens (tertiary/aromatic N) is 2. The molecular formula is C6H6ClN3O2. The molecule has 0 spiro atoms. The topological polar surface area (TPSA) is 64.1 Å². The summed E-state index contributed by atoms with van der Waals surface area (Å²) >= 11 is 5.45. The lowest BCUT2D eigenvalue weighted by molar-refractivity contribution is 0.201. The second kappa shape index (κ2) is 3.87. The molecular weight excluding hydrogens is 182 g/mol. The maximum atomic E-state index is 10.6. The van der Waals surface area contributed by atoms with Crippen molar-refractivity contribution < 1.29 is 9.53 Å². The average molecular weight is 188 g/mol. The van der Waals surface area contributed by atoms with Gasteiger partial charge < -0.3 is 10.1 Å². The maximum absolute atomic E-state index is 10.6. The second-order valence-corrected chi connectivity index (χ2v) is 2.20. The fourth-order valence-corrected chi connectivity index (χ4v) is 0.597. The number of carbonyl (C=O) groups excluding carboxylic acids is 1. The van der Waals surface area contributed by atoms with Gasteiger partial charge in [-0.15, -0.1) is 0 Å². The van der Waals surface area contributed by atoms with Crippen LogP contribution in [0.4, 0.5) is 4.79 Å². The summed E-state index contributed by atoms with van der Waals surface area (Å²) in [5.74, 6) is 0.110. The molecule has 1 amide bonds. The third-order valence-corrected chi connectivity index (χ3v) is 1.19. The predicted molar refractivity (Wildman–Crippen MR) is 42.1 cm³/mol. The van der Waals surface area contributed by atoms with Crippen LogP contribution < -0.4 is 10.1 Å². The molecule has 0 aliphatic heterocycles. The Morgan fingerprint density at radius 2 is 2.33 bits per heavy atom. The summed E-state index contributed by atoms with van der Waals surface area (Å²) in [4.78, 5) is 18.0. The lowest BCUT2D eigenvalue weighted by Crippen LogP contribution is -2.22. The SMILES string of the molecule is CNC(=O)Oc1cnc(Cl)cn1. The Balaban J connectivity index is 2.64. The van der Waals surface area contributed by atoms with Crippen LogP contribution in [0.5, 0.6) is 5.88 Å². The van der Waals surface area contributed by atoms with E-state index in [1.807, 2.05) is 0 Å². The lowest BCUT2D eigenvalue weighted by atomic mass is 10.7. The molecule has 0 fully saturated rings. The molecule has 0 radical (unpaired) electrons. The van der Waals surface area contributed by atoms with Crippen LogP contribution in [0.25, 0.3) is 0 Å². The standard InChI is InChI=1S/C6H6ClN3O2/c1-8-6(11)12-5-3-9-4(7)2-10-5/h2-3H,1H3,(H,8,11). The predicted octanol–water partition coefficient (Wildman–Crippen LogP) is 0.848. The van der Waals surface area contributed by atoms with Crippen LogP contribution in [0.2, 0.25) is 5.15 Å². The van der Waals surface area contributed by atoms with Gasteiger partial charge >= 0.3 is 6.09 Å². The van der Waals surface area contributed by atoms with Gasteiger partial charge in [0.2, 0.25) is 5.88 Å². The molecule has 0 saturated heterocycles. The van der Waals surface area contributed by atoms with E-state index in [0.717, 1.165) is 0 Å². The highest BCUT2D eigenvalue weighted by atomic mass is 35.5. The summed E-state index contributed by atoms with van der Waals surface area (Å²) in [5.41, 5.74) is 0. The zero-order valence-corrected chi connectivity index (χ0v) is 7.00. The molecule has 1 aromatic rings. The summed E-state index contributed by atoms with van der Waals surface area (Å²) in [6.07, 6.45) is 1.96. The van der Waals surface area contributed by atoms with Crippen LogP contribution in [0, 0.1) is 0 Å². The zero-order valence-electron chi connectivity index (χ0n) is 6.24. The number of carbonyl (C=O) groups is 1. The Bertz CT molecular complexity index is 275. The highest BCUT2D eigenvalue weighted by Gasteiger charge is 2.01. The number of halogens is 1. The van der Waals surface area contributed by atoms with E-state index in [-0.39, 0.29) is 11.0 Å². The first-order valence-corrected chi connectivity index (χ1v) is 3.47. The fraction of sp³-hybridized carbons (Fsp3) is 0.167. The van der Waals surface area contributed by atoms with Gasteiger partial charge in [-0.25, -0.2) is 14.8 Å². The number of rotatable bonds is 1. The Kier molecular flexibility index (Phi) is 2.82. The van der Waals surface area contributed by atoms with Gasteiger partial charge in [0.15, 0.2) is 0 Å². The van der Waals surface area contributed by atoms with E-state index in [2.05, 4.69) is 20.0 Å². The van der Waals surface area contributed by atoms with E-state index in [4.69, 9.17) is 11.6 Å². The van der Waals surface area contributed by atoms with Crippen molar-refractivity contribution in [3.8, 4) is 5.88 Å². The monoisotopic (exact) mass is 187 g/mol. The molecule has 0 unspecified atom stereocenters. The van der Waals surface area contributed by atoms with Crippen LogP contribution in [-0.2, 0) is 0 Å².